The third kappa shape index (κ3) is 3.34. The summed E-state index contributed by atoms with van der Waals surface area (Å²) in [4.78, 5) is 12.1. The molecule has 0 radical (unpaired) electrons. The lowest BCUT2D eigenvalue weighted by molar-refractivity contribution is 0.379. The van der Waals surface area contributed by atoms with Crippen molar-refractivity contribution in [1.29, 1.82) is 0 Å². The lowest BCUT2D eigenvalue weighted by Crippen LogP contribution is -2.18. The van der Waals surface area contributed by atoms with E-state index in [0.717, 1.165) is 6.54 Å². The van der Waals surface area contributed by atoms with Gasteiger partial charge in [-0.05, 0) is 23.8 Å². The van der Waals surface area contributed by atoms with Gasteiger partial charge in [0, 0.05) is 6.54 Å². The van der Waals surface area contributed by atoms with Crippen molar-refractivity contribution >= 4 is 23.7 Å². The third-order valence-electron chi connectivity index (χ3n) is 2.50. The Hall–Kier alpha value is -1.28. The van der Waals surface area contributed by atoms with E-state index in [9.17, 15) is 0 Å². The van der Waals surface area contributed by atoms with Crippen molar-refractivity contribution in [3.8, 4) is 6.01 Å². The molecular formula is C9H16N6OS. The molecule has 1 saturated heterocycles. The molecule has 1 aliphatic heterocycles. The molecule has 0 aromatic carbocycles. The zero-order valence-electron chi connectivity index (χ0n) is 9.64. The molecule has 0 bridgehead atoms. The van der Waals surface area contributed by atoms with Crippen molar-refractivity contribution < 1.29 is 4.74 Å². The van der Waals surface area contributed by atoms with Gasteiger partial charge in [-0.2, -0.15) is 26.7 Å². The van der Waals surface area contributed by atoms with Gasteiger partial charge in [0.2, 0.25) is 11.9 Å². The fourth-order valence-electron chi connectivity index (χ4n) is 1.57. The first-order valence-corrected chi connectivity index (χ1v) is 6.55. The Balaban J connectivity index is 1.98. The van der Waals surface area contributed by atoms with Crippen LogP contribution in [0.4, 0.5) is 11.9 Å². The van der Waals surface area contributed by atoms with Gasteiger partial charge in [0.25, 0.3) is 0 Å². The molecule has 0 aliphatic carbocycles. The lowest BCUT2D eigenvalue weighted by Gasteiger charge is -2.10. The highest BCUT2D eigenvalue weighted by atomic mass is 32.2. The molecule has 1 fully saturated rings. The molecule has 94 valence electrons. The van der Waals surface area contributed by atoms with E-state index in [2.05, 4.69) is 25.7 Å². The molecule has 17 heavy (non-hydrogen) atoms. The number of anilines is 2. The fraction of sp³-hybridized carbons (Fsp3) is 0.667. The minimum Gasteiger partial charge on any atom is -0.467 e. The molecule has 8 heteroatoms. The van der Waals surface area contributed by atoms with Gasteiger partial charge in [-0.3, -0.25) is 5.43 Å². The first kappa shape index (κ1) is 12.2. The van der Waals surface area contributed by atoms with Gasteiger partial charge < -0.3 is 10.1 Å². The summed E-state index contributed by atoms with van der Waals surface area (Å²) >= 11 is 1.98. The average Bonchev–Trinajstić information content (AvgIpc) is 2.89. The summed E-state index contributed by atoms with van der Waals surface area (Å²) in [6, 6.07) is 0.247. The lowest BCUT2D eigenvalue weighted by atomic mass is 10.1. The molecule has 4 N–H and O–H groups in total. The highest BCUT2D eigenvalue weighted by Crippen LogP contribution is 2.23. The molecule has 0 saturated carbocycles. The summed E-state index contributed by atoms with van der Waals surface area (Å²) in [5, 5.41) is 3.18. The second-order valence-corrected chi connectivity index (χ2v) is 4.87. The number of nitrogens with two attached hydrogens (primary N) is 1. The number of hydrogen-bond donors (Lipinski definition) is 3. The fourth-order valence-corrected chi connectivity index (χ4v) is 2.86. The number of hydrogen-bond acceptors (Lipinski definition) is 8. The number of rotatable bonds is 5. The smallest absolute Gasteiger partial charge is 0.322 e. The molecule has 0 spiro atoms. The second-order valence-electron chi connectivity index (χ2n) is 3.72. The first-order valence-electron chi connectivity index (χ1n) is 5.40. The second kappa shape index (κ2) is 5.87. The average molecular weight is 256 g/mol. The zero-order chi connectivity index (χ0) is 12.1. The number of nitrogens with one attached hydrogen (secondary N) is 2. The van der Waals surface area contributed by atoms with Crippen molar-refractivity contribution in [2.24, 2.45) is 11.8 Å². The van der Waals surface area contributed by atoms with E-state index < -0.39 is 0 Å². The van der Waals surface area contributed by atoms with Crippen molar-refractivity contribution in [1.82, 2.24) is 15.0 Å². The molecule has 7 nitrogen and oxygen atoms in total. The predicted molar refractivity (Wildman–Crippen MR) is 68.1 cm³/mol. The highest BCUT2D eigenvalue weighted by Gasteiger charge is 2.15. The van der Waals surface area contributed by atoms with E-state index in [-0.39, 0.29) is 6.01 Å². The summed E-state index contributed by atoms with van der Waals surface area (Å²) < 4.78 is 4.97. The monoisotopic (exact) mass is 256 g/mol. The van der Waals surface area contributed by atoms with Crippen LogP contribution in [0.2, 0.25) is 0 Å². The van der Waals surface area contributed by atoms with Gasteiger partial charge in [0.15, 0.2) is 0 Å². The molecule has 1 unspecified atom stereocenters. The summed E-state index contributed by atoms with van der Waals surface area (Å²) in [5.74, 6) is 9.16. The maximum absolute atomic E-state index is 5.27. The van der Waals surface area contributed by atoms with Crippen LogP contribution in [0.15, 0.2) is 0 Å². The van der Waals surface area contributed by atoms with E-state index in [0.29, 0.717) is 17.8 Å². The van der Waals surface area contributed by atoms with Gasteiger partial charge in [-0.15, -0.1) is 0 Å². The highest BCUT2D eigenvalue weighted by molar-refractivity contribution is 7.99. The number of nitrogens with zero attached hydrogens (tertiary/aromatic N) is 3. The van der Waals surface area contributed by atoms with E-state index in [1.807, 2.05) is 11.8 Å². The number of aromatic nitrogens is 3. The van der Waals surface area contributed by atoms with Crippen LogP contribution in [0.5, 0.6) is 6.01 Å². The Morgan fingerprint density at radius 1 is 1.41 bits per heavy atom. The summed E-state index contributed by atoms with van der Waals surface area (Å²) in [6.45, 7) is 0.865. The maximum Gasteiger partial charge on any atom is 0.322 e. The van der Waals surface area contributed by atoms with Crippen molar-refractivity contribution in [2.75, 3.05) is 35.9 Å². The molecule has 2 heterocycles. The van der Waals surface area contributed by atoms with Crippen molar-refractivity contribution in [2.45, 2.75) is 6.42 Å². The summed E-state index contributed by atoms with van der Waals surface area (Å²) in [7, 11) is 1.51. The minimum atomic E-state index is 0.247. The molecule has 0 amide bonds. The van der Waals surface area contributed by atoms with Crippen LogP contribution in [-0.2, 0) is 0 Å². The number of hydrazine groups is 1. The van der Waals surface area contributed by atoms with Crippen LogP contribution >= 0.6 is 11.8 Å². The van der Waals surface area contributed by atoms with Gasteiger partial charge in [-0.25, -0.2) is 5.84 Å². The third-order valence-corrected chi connectivity index (χ3v) is 3.73. The zero-order valence-corrected chi connectivity index (χ0v) is 10.5. The normalized spacial score (nSPS) is 19.1. The first-order chi connectivity index (χ1) is 8.31. The standard InChI is InChI=1S/C9H16N6OS/c1-16-9-13-7(12-8(14-9)15-10)11-4-6-2-3-17-5-6/h6H,2-5,10H2,1H3,(H2,11,12,13,14,15). The molecule has 1 atom stereocenters. The molecule has 1 aromatic heterocycles. The van der Waals surface area contributed by atoms with Gasteiger partial charge in [0.05, 0.1) is 7.11 Å². The van der Waals surface area contributed by atoms with Crippen molar-refractivity contribution in [3.05, 3.63) is 0 Å². The van der Waals surface area contributed by atoms with Crippen LogP contribution in [0.3, 0.4) is 0 Å². The van der Waals surface area contributed by atoms with Crippen LogP contribution < -0.4 is 21.3 Å². The van der Waals surface area contributed by atoms with Crippen LogP contribution in [0.1, 0.15) is 6.42 Å². The Morgan fingerprint density at radius 2 is 2.24 bits per heavy atom. The van der Waals surface area contributed by atoms with Gasteiger partial charge in [-0.1, -0.05) is 0 Å². The maximum atomic E-state index is 5.27. The largest absolute Gasteiger partial charge is 0.467 e. The topological polar surface area (TPSA) is 98.0 Å². The van der Waals surface area contributed by atoms with E-state index >= 15 is 0 Å². The Morgan fingerprint density at radius 3 is 2.88 bits per heavy atom. The summed E-state index contributed by atoms with van der Waals surface area (Å²) in [5.41, 5.74) is 2.38. The summed E-state index contributed by atoms with van der Waals surface area (Å²) in [6.07, 6.45) is 1.24. The SMILES string of the molecule is COc1nc(NN)nc(NCC2CCSC2)n1. The Labute approximate surface area is 104 Å². The van der Waals surface area contributed by atoms with Crippen molar-refractivity contribution in [3.63, 3.8) is 0 Å². The van der Waals surface area contributed by atoms with E-state index in [1.165, 1.54) is 25.0 Å². The number of ether oxygens (including phenoxy) is 1. The number of methoxy groups -OCH3 is 1. The molecule has 1 aliphatic rings. The Bertz CT molecular complexity index is 348. The quantitative estimate of drug-likeness (QED) is 0.512. The van der Waals surface area contributed by atoms with Crippen LogP contribution in [0.25, 0.3) is 0 Å². The predicted octanol–water partition coefficient (Wildman–Crippen LogP) is 0.331. The van der Waals surface area contributed by atoms with E-state index in [1.54, 1.807) is 0 Å². The van der Waals surface area contributed by atoms with Gasteiger partial charge >= 0.3 is 6.01 Å². The van der Waals surface area contributed by atoms with Crippen LogP contribution in [-0.4, -0.2) is 40.1 Å². The number of thioether (sulfide) groups is 1. The molecule has 1 aromatic rings. The number of nitrogen functional groups attached to an aromatic ring is 1. The minimum absolute atomic E-state index is 0.247. The molecule has 2 rings (SSSR count). The molecular weight excluding hydrogens is 240 g/mol. The Kier molecular flexibility index (Phi) is 4.21. The van der Waals surface area contributed by atoms with E-state index in [4.69, 9.17) is 10.6 Å². The van der Waals surface area contributed by atoms with Crippen LogP contribution in [0, 0.1) is 5.92 Å². The van der Waals surface area contributed by atoms with Gasteiger partial charge in [0.1, 0.15) is 0 Å².